The van der Waals surface area contributed by atoms with Gasteiger partial charge in [0.25, 0.3) is 5.97 Å². The summed E-state index contributed by atoms with van der Waals surface area (Å²) in [7, 11) is -3.03. The Kier molecular flexibility index (Phi) is 14.2. The fraction of sp³-hybridized carbons (Fsp3) is 0.500. The molecule has 7 N–H and O–H groups in total. The Hall–Kier alpha value is -4.24. The molecular formula is C30H44N6O8S. The van der Waals surface area contributed by atoms with Gasteiger partial charge < -0.3 is 31.1 Å². The van der Waals surface area contributed by atoms with E-state index in [1.54, 1.807) is 30.0 Å². The van der Waals surface area contributed by atoms with Crippen molar-refractivity contribution in [3.05, 3.63) is 42.5 Å². The van der Waals surface area contributed by atoms with Gasteiger partial charge >= 0.3 is 5.97 Å². The number of rotatable bonds is 12. The minimum atomic E-state index is -4.23. The number of guanidine groups is 1. The Labute approximate surface area is 263 Å². The molecule has 2 aromatic rings. The van der Waals surface area contributed by atoms with Crippen LogP contribution in [0.1, 0.15) is 46.5 Å². The van der Waals surface area contributed by atoms with Gasteiger partial charge in [0, 0.05) is 26.6 Å². The van der Waals surface area contributed by atoms with E-state index >= 15 is 0 Å². The molecule has 0 unspecified atom stereocenters. The zero-order valence-electron chi connectivity index (χ0n) is 26.0. The molecule has 0 aliphatic carbocycles. The van der Waals surface area contributed by atoms with Gasteiger partial charge in [0.2, 0.25) is 21.8 Å². The molecule has 14 nitrogen and oxygen atoms in total. The number of sulfonamides is 1. The summed E-state index contributed by atoms with van der Waals surface area (Å²) in [6, 6.07) is 9.32. The predicted octanol–water partition coefficient (Wildman–Crippen LogP) is 1.39. The van der Waals surface area contributed by atoms with Crippen molar-refractivity contribution in [3.8, 4) is 0 Å². The van der Waals surface area contributed by atoms with E-state index in [4.69, 9.17) is 25.8 Å². The number of ether oxygens (including phenoxy) is 1. The predicted molar refractivity (Wildman–Crippen MR) is 169 cm³/mol. The average molecular weight is 649 g/mol. The number of carboxylic acid groups (broad SMARTS) is 1. The van der Waals surface area contributed by atoms with Gasteiger partial charge in [-0.25, -0.2) is 13.2 Å². The van der Waals surface area contributed by atoms with Crippen molar-refractivity contribution in [1.29, 1.82) is 5.41 Å². The largest absolute Gasteiger partial charge is 0.481 e. The molecule has 1 fully saturated rings. The van der Waals surface area contributed by atoms with E-state index in [1.807, 2.05) is 19.1 Å². The molecule has 45 heavy (non-hydrogen) atoms. The molecule has 2 amide bonds. The van der Waals surface area contributed by atoms with E-state index in [9.17, 15) is 22.8 Å². The van der Waals surface area contributed by atoms with Crippen LogP contribution in [0.4, 0.5) is 0 Å². The van der Waals surface area contributed by atoms with Gasteiger partial charge in [-0.05, 0) is 47.6 Å². The van der Waals surface area contributed by atoms with Crippen LogP contribution in [0.25, 0.3) is 10.8 Å². The first-order valence-corrected chi connectivity index (χ1v) is 16.1. The summed E-state index contributed by atoms with van der Waals surface area (Å²) in [6.45, 7) is 6.17. The maximum Gasteiger partial charge on any atom is 0.328 e. The first-order chi connectivity index (χ1) is 21.2. The van der Waals surface area contributed by atoms with Crippen LogP contribution in [0.15, 0.2) is 47.4 Å². The maximum absolute atomic E-state index is 13.4. The van der Waals surface area contributed by atoms with Crippen LogP contribution in [-0.2, 0) is 33.9 Å². The summed E-state index contributed by atoms with van der Waals surface area (Å²) in [5.41, 5.74) is 5.60. The van der Waals surface area contributed by atoms with E-state index in [0.717, 1.165) is 25.2 Å². The number of hydrogen-bond donors (Lipinski definition) is 6. The highest BCUT2D eigenvalue weighted by molar-refractivity contribution is 7.89. The number of hydrogen-bond acceptors (Lipinski definition) is 8. The number of nitrogens with two attached hydrogens (primary N) is 1. The maximum atomic E-state index is 13.4. The zero-order valence-corrected chi connectivity index (χ0v) is 26.9. The molecule has 15 heteroatoms. The van der Waals surface area contributed by atoms with Crippen LogP contribution >= 0.6 is 0 Å². The second-order valence-corrected chi connectivity index (χ2v) is 12.7. The van der Waals surface area contributed by atoms with Crippen molar-refractivity contribution in [2.45, 2.75) is 63.4 Å². The summed E-state index contributed by atoms with van der Waals surface area (Å²) < 4.78 is 34.0. The molecule has 1 heterocycles. The van der Waals surface area contributed by atoms with Gasteiger partial charge in [0.05, 0.1) is 18.4 Å². The third-order valence-electron chi connectivity index (χ3n) is 7.45. The smallest absolute Gasteiger partial charge is 0.328 e. The molecule has 3 rings (SSSR count). The molecule has 1 aliphatic rings. The number of likely N-dealkylation sites (tertiary alicyclic amines) is 1. The van der Waals surface area contributed by atoms with Crippen LogP contribution in [0, 0.1) is 17.2 Å². The van der Waals surface area contributed by atoms with Gasteiger partial charge in [-0.2, -0.15) is 4.72 Å². The number of benzene rings is 2. The van der Waals surface area contributed by atoms with Gasteiger partial charge in [0.1, 0.15) is 12.1 Å². The van der Waals surface area contributed by atoms with Crippen LogP contribution in [0.2, 0.25) is 0 Å². The number of aliphatic carboxylic acids is 1. The van der Waals surface area contributed by atoms with Crippen molar-refractivity contribution in [2.24, 2.45) is 17.6 Å². The molecule has 0 bridgehead atoms. The lowest BCUT2D eigenvalue weighted by Gasteiger charge is -2.33. The first kappa shape index (κ1) is 36.9. The topological polar surface area (TPSA) is 221 Å². The minimum absolute atomic E-state index is 0.0256. The van der Waals surface area contributed by atoms with Gasteiger partial charge in [-0.15, -0.1) is 0 Å². The second-order valence-electron chi connectivity index (χ2n) is 10.9. The molecule has 0 saturated carbocycles. The van der Waals surface area contributed by atoms with E-state index in [1.165, 1.54) is 19.2 Å². The number of methoxy groups -OCH3 is 1. The number of nitrogens with zero attached hydrogens (tertiary/aromatic N) is 1. The lowest BCUT2D eigenvalue weighted by atomic mass is 9.98. The molecule has 0 radical (unpaired) electrons. The van der Waals surface area contributed by atoms with Crippen LogP contribution in [-0.4, -0.2) is 87.0 Å². The van der Waals surface area contributed by atoms with Crippen molar-refractivity contribution >= 4 is 50.5 Å². The normalized spacial score (nSPS) is 16.7. The van der Waals surface area contributed by atoms with Crippen LogP contribution < -0.4 is 21.1 Å². The van der Waals surface area contributed by atoms with Gasteiger partial charge in [-0.1, -0.05) is 50.6 Å². The summed E-state index contributed by atoms with van der Waals surface area (Å²) in [4.78, 5) is 49.4. The highest BCUT2D eigenvalue weighted by atomic mass is 32.2. The lowest BCUT2D eigenvalue weighted by molar-refractivity contribution is -0.146. The number of amides is 2. The van der Waals surface area contributed by atoms with E-state index < -0.39 is 52.3 Å². The summed E-state index contributed by atoms with van der Waals surface area (Å²) in [5, 5.41) is 22.0. The van der Waals surface area contributed by atoms with Crippen molar-refractivity contribution in [2.75, 3.05) is 26.7 Å². The molecular weight excluding hydrogens is 604 g/mol. The van der Waals surface area contributed by atoms with E-state index in [0.29, 0.717) is 24.9 Å². The Morgan fingerprint density at radius 1 is 1.16 bits per heavy atom. The molecule has 0 spiro atoms. The Morgan fingerprint density at radius 2 is 1.80 bits per heavy atom. The fourth-order valence-corrected chi connectivity index (χ4v) is 6.02. The Balaban J connectivity index is 0.00000166. The van der Waals surface area contributed by atoms with Gasteiger partial charge in [-0.3, -0.25) is 19.8 Å². The molecule has 248 valence electrons. The molecule has 0 aromatic heterocycles. The molecule has 1 aliphatic heterocycles. The van der Waals surface area contributed by atoms with Crippen LogP contribution in [0.5, 0.6) is 0 Å². The highest BCUT2D eigenvalue weighted by Crippen LogP contribution is 2.20. The lowest BCUT2D eigenvalue weighted by Crippen LogP contribution is -2.55. The van der Waals surface area contributed by atoms with Gasteiger partial charge in [0.15, 0.2) is 5.96 Å². The van der Waals surface area contributed by atoms with E-state index in [-0.39, 0.29) is 29.2 Å². The monoisotopic (exact) mass is 648 g/mol. The molecule has 2 aromatic carbocycles. The fourth-order valence-electron chi connectivity index (χ4n) is 4.79. The molecule has 1 saturated heterocycles. The standard InChI is InChI=1S/C28H40N6O6S.C2H4O2/c1-4-18(2)25(27(37)40-3)32-26(36)23(15-24(35)31-16-19-8-7-13-34(17-19)28(29)30)33-41(38,39)22-12-11-20-9-5-6-10-21(20)14-22;1-2(3)4/h5-6,9-12,14,18-19,23,25,33H,4,7-8,13,15-17H2,1-3H3,(H3,29,30)(H,31,35)(H,32,36);1H3,(H,3,4)/t18-,19-,23-,25-;/m0./s1. The summed E-state index contributed by atoms with van der Waals surface area (Å²) >= 11 is 0. The summed E-state index contributed by atoms with van der Waals surface area (Å²) in [6.07, 6.45) is 1.71. The number of piperidine rings is 1. The number of carbonyl (C=O) groups is 4. The van der Waals surface area contributed by atoms with Crippen LogP contribution in [0.3, 0.4) is 0 Å². The SMILES string of the molecule is CC(=O)O.CC[C@H](C)[C@H](NC(=O)[C@H](CC(=O)NC[C@@H]1CCCN(C(=N)N)C1)NS(=O)(=O)c1ccc2ccccc2c1)C(=O)OC. The van der Waals surface area contributed by atoms with Crippen molar-refractivity contribution < 1.29 is 37.4 Å². The van der Waals surface area contributed by atoms with Crippen molar-refractivity contribution in [1.82, 2.24) is 20.3 Å². The third kappa shape index (κ3) is 11.6. The summed E-state index contributed by atoms with van der Waals surface area (Å²) in [5.74, 6) is -3.13. The molecule has 4 atom stereocenters. The zero-order chi connectivity index (χ0) is 33.7. The minimum Gasteiger partial charge on any atom is -0.481 e. The number of carbonyl (C=O) groups excluding carboxylic acids is 3. The quantitative estimate of drug-likeness (QED) is 0.110. The van der Waals surface area contributed by atoms with E-state index in [2.05, 4.69) is 15.4 Å². The number of nitrogens with one attached hydrogen (secondary N) is 4. The number of fused-ring (bicyclic) bond motifs is 1. The van der Waals surface area contributed by atoms with Crippen molar-refractivity contribution in [3.63, 3.8) is 0 Å². The highest BCUT2D eigenvalue weighted by Gasteiger charge is 2.33. The average Bonchev–Trinajstić information content (AvgIpc) is 3.00. The Bertz CT molecular complexity index is 1460. The number of esters is 1. The first-order valence-electron chi connectivity index (χ1n) is 14.6. The third-order valence-corrected chi connectivity index (χ3v) is 8.92. The second kappa shape index (κ2) is 17.3. The number of carboxylic acids is 1. The Morgan fingerprint density at radius 3 is 2.40 bits per heavy atom.